The molecule has 0 saturated heterocycles. The molecule has 37 heavy (non-hydrogen) atoms. The molecule has 188 valence electrons. The van der Waals surface area contributed by atoms with Gasteiger partial charge in [0, 0.05) is 10.7 Å². The van der Waals surface area contributed by atoms with Gasteiger partial charge in [-0.15, -0.1) is 0 Å². The largest absolute Gasteiger partial charge is 0.492 e. The number of allylic oxidation sites excluding steroid dienone is 1. The first-order chi connectivity index (χ1) is 18.0. The lowest BCUT2D eigenvalue weighted by atomic mass is 9.95. The summed E-state index contributed by atoms with van der Waals surface area (Å²) in [6.07, 6.45) is 0. The highest BCUT2D eigenvalue weighted by Crippen LogP contribution is 2.36. The molecule has 1 amide bonds. The molecule has 1 atom stereocenters. The molecule has 0 radical (unpaired) electrons. The molecule has 0 fully saturated rings. The van der Waals surface area contributed by atoms with E-state index in [2.05, 4.69) is 26.2 Å². The molecule has 2 N–H and O–H groups in total. The molecule has 5 rings (SSSR count). The molecular weight excluding hydrogens is 492 g/mol. The van der Waals surface area contributed by atoms with E-state index in [0.29, 0.717) is 52.6 Å². The summed E-state index contributed by atoms with van der Waals surface area (Å²) in [7, 11) is 0. The molecular formula is C27H25ClN6O3. The molecule has 0 bridgehead atoms. The van der Waals surface area contributed by atoms with Crippen LogP contribution in [0.2, 0.25) is 5.02 Å². The first-order valence-electron chi connectivity index (χ1n) is 11.8. The number of halogens is 1. The molecule has 0 spiro atoms. The van der Waals surface area contributed by atoms with Gasteiger partial charge in [-0.3, -0.25) is 4.79 Å². The number of carbonyl (C=O) groups is 1. The van der Waals surface area contributed by atoms with E-state index in [0.717, 1.165) is 11.1 Å². The molecule has 2 heterocycles. The van der Waals surface area contributed by atoms with Crippen LogP contribution in [-0.4, -0.2) is 32.7 Å². The van der Waals surface area contributed by atoms with Crippen LogP contribution in [0, 0.1) is 0 Å². The quantitative estimate of drug-likeness (QED) is 0.330. The van der Waals surface area contributed by atoms with E-state index >= 15 is 0 Å². The molecule has 3 aromatic carbocycles. The van der Waals surface area contributed by atoms with E-state index < -0.39 is 6.04 Å². The van der Waals surface area contributed by atoms with Gasteiger partial charge < -0.3 is 20.1 Å². The van der Waals surface area contributed by atoms with Crippen molar-refractivity contribution in [1.82, 2.24) is 20.2 Å². The fourth-order valence-electron chi connectivity index (χ4n) is 4.15. The number of amides is 1. The Labute approximate surface area is 219 Å². The van der Waals surface area contributed by atoms with E-state index in [9.17, 15) is 4.79 Å². The van der Waals surface area contributed by atoms with E-state index in [1.54, 1.807) is 10.7 Å². The number of benzene rings is 3. The molecule has 10 heteroatoms. The minimum atomic E-state index is -0.546. The van der Waals surface area contributed by atoms with Gasteiger partial charge in [0.15, 0.2) is 0 Å². The minimum absolute atomic E-state index is 0.286. The van der Waals surface area contributed by atoms with Gasteiger partial charge in [0.2, 0.25) is 5.95 Å². The molecule has 0 saturated carbocycles. The molecule has 1 aromatic heterocycles. The van der Waals surface area contributed by atoms with E-state index in [-0.39, 0.29) is 5.91 Å². The minimum Gasteiger partial charge on any atom is -0.492 e. The van der Waals surface area contributed by atoms with Crippen LogP contribution in [0.15, 0.2) is 84.1 Å². The van der Waals surface area contributed by atoms with Crippen molar-refractivity contribution in [2.45, 2.75) is 26.5 Å². The number of fused-ring (bicyclic) bond motifs is 1. The standard InChI is InChI=1S/C27H25ClN6O3/c1-3-36-23-7-5-4-6-22(23)30-26(35)24-17(2)29-27-31-32-33-34(27)25(24)19-10-14-21(15-11-19)37-16-18-8-12-20(28)13-9-18/h4-15,25H,3,16H2,1-2H3,(H,30,35)(H,29,31,33). The lowest BCUT2D eigenvalue weighted by molar-refractivity contribution is -0.113. The van der Waals surface area contributed by atoms with Crippen molar-refractivity contribution in [2.24, 2.45) is 0 Å². The highest BCUT2D eigenvalue weighted by atomic mass is 35.5. The second-order valence-electron chi connectivity index (χ2n) is 8.38. The summed E-state index contributed by atoms with van der Waals surface area (Å²) in [5.74, 6) is 1.47. The van der Waals surface area contributed by atoms with Crippen LogP contribution in [0.3, 0.4) is 0 Å². The Morgan fingerprint density at radius 2 is 1.81 bits per heavy atom. The normalized spacial score (nSPS) is 14.5. The first kappa shape index (κ1) is 24.3. The number of tetrazole rings is 1. The Kier molecular flexibility index (Phi) is 7.04. The maximum Gasteiger partial charge on any atom is 0.255 e. The summed E-state index contributed by atoms with van der Waals surface area (Å²) < 4.78 is 13.2. The molecule has 0 aliphatic carbocycles. The Morgan fingerprint density at radius 3 is 2.57 bits per heavy atom. The molecule has 4 aromatic rings. The van der Waals surface area contributed by atoms with Gasteiger partial charge in [-0.05, 0) is 71.8 Å². The number of hydrogen-bond donors (Lipinski definition) is 2. The number of aromatic nitrogens is 4. The first-order valence-corrected chi connectivity index (χ1v) is 12.2. The van der Waals surface area contributed by atoms with Crippen LogP contribution >= 0.6 is 11.6 Å². The number of ether oxygens (including phenoxy) is 2. The monoisotopic (exact) mass is 516 g/mol. The van der Waals surface area contributed by atoms with Crippen LogP contribution in [0.5, 0.6) is 11.5 Å². The van der Waals surface area contributed by atoms with Gasteiger partial charge in [-0.25, -0.2) is 0 Å². The second-order valence-corrected chi connectivity index (χ2v) is 8.82. The predicted octanol–water partition coefficient (Wildman–Crippen LogP) is 5.23. The topological polar surface area (TPSA) is 103 Å². The van der Waals surface area contributed by atoms with Crippen LogP contribution in [0.1, 0.15) is 31.0 Å². The third-order valence-corrected chi connectivity index (χ3v) is 6.16. The molecule has 1 aliphatic rings. The highest BCUT2D eigenvalue weighted by molar-refractivity contribution is 6.30. The number of hydrogen-bond acceptors (Lipinski definition) is 7. The number of nitrogens with zero attached hydrogens (tertiary/aromatic N) is 4. The summed E-state index contributed by atoms with van der Waals surface area (Å²) in [5.41, 5.74) is 3.57. The molecule has 9 nitrogen and oxygen atoms in total. The van der Waals surface area contributed by atoms with E-state index in [4.69, 9.17) is 21.1 Å². The number of rotatable bonds is 8. The number of carbonyl (C=O) groups excluding carboxylic acids is 1. The third-order valence-electron chi connectivity index (χ3n) is 5.91. The average molecular weight is 517 g/mol. The van der Waals surface area contributed by atoms with Crippen molar-refractivity contribution in [1.29, 1.82) is 0 Å². The molecule has 1 aliphatic heterocycles. The van der Waals surface area contributed by atoms with Gasteiger partial charge in [0.05, 0.1) is 17.9 Å². The zero-order valence-electron chi connectivity index (χ0n) is 20.3. The highest BCUT2D eigenvalue weighted by Gasteiger charge is 2.34. The Hall–Kier alpha value is -4.37. The van der Waals surface area contributed by atoms with Crippen LogP contribution < -0.4 is 20.1 Å². The van der Waals surface area contributed by atoms with Gasteiger partial charge in [0.25, 0.3) is 5.91 Å². The smallest absolute Gasteiger partial charge is 0.255 e. The van der Waals surface area contributed by atoms with Gasteiger partial charge in [-0.1, -0.05) is 53.1 Å². The third kappa shape index (κ3) is 5.26. The summed E-state index contributed by atoms with van der Waals surface area (Å²) in [5, 5.41) is 18.8. The zero-order valence-corrected chi connectivity index (χ0v) is 21.1. The maximum absolute atomic E-state index is 13.6. The van der Waals surface area contributed by atoms with Crippen molar-refractivity contribution in [3.63, 3.8) is 0 Å². The SMILES string of the molecule is CCOc1ccccc1NC(=O)C1=C(C)Nc2nnnn2C1c1ccc(OCc2ccc(Cl)cc2)cc1. The Morgan fingerprint density at radius 1 is 1.05 bits per heavy atom. The van der Waals surface area contributed by atoms with Gasteiger partial charge in [0.1, 0.15) is 24.1 Å². The van der Waals surface area contributed by atoms with Crippen molar-refractivity contribution in [2.75, 3.05) is 17.2 Å². The number of para-hydroxylation sites is 2. The van der Waals surface area contributed by atoms with Crippen LogP contribution in [0.25, 0.3) is 0 Å². The number of anilines is 2. The van der Waals surface area contributed by atoms with Crippen molar-refractivity contribution < 1.29 is 14.3 Å². The maximum atomic E-state index is 13.6. The lowest BCUT2D eigenvalue weighted by Crippen LogP contribution is -2.31. The van der Waals surface area contributed by atoms with Gasteiger partial charge >= 0.3 is 0 Å². The fraction of sp³-hybridized carbons (Fsp3) is 0.185. The summed E-state index contributed by atoms with van der Waals surface area (Å²) in [6.45, 7) is 4.62. The average Bonchev–Trinajstić information content (AvgIpc) is 3.37. The van der Waals surface area contributed by atoms with Crippen LogP contribution in [-0.2, 0) is 11.4 Å². The Balaban J connectivity index is 1.41. The van der Waals surface area contributed by atoms with Crippen molar-refractivity contribution in [3.8, 4) is 11.5 Å². The summed E-state index contributed by atoms with van der Waals surface area (Å²) >= 11 is 5.96. The summed E-state index contributed by atoms with van der Waals surface area (Å²) in [4.78, 5) is 13.6. The lowest BCUT2D eigenvalue weighted by Gasteiger charge is -2.28. The van der Waals surface area contributed by atoms with Crippen molar-refractivity contribution >= 4 is 29.1 Å². The van der Waals surface area contributed by atoms with E-state index in [1.165, 1.54) is 0 Å². The summed E-state index contributed by atoms with van der Waals surface area (Å²) in [6, 6.07) is 21.9. The second kappa shape index (κ2) is 10.7. The van der Waals surface area contributed by atoms with Crippen LogP contribution in [0.4, 0.5) is 11.6 Å². The predicted molar refractivity (Wildman–Crippen MR) is 141 cm³/mol. The Bertz CT molecular complexity index is 1430. The zero-order chi connectivity index (χ0) is 25.8. The number of nitrogens with one attached hydrogen (secondary N) is 2. The van der Waals surface area contributed by atoms with Gasteiger partial charge in [-0.2, -0.15) is 4.68 Å². The van der Waals surface area contributed by atoms with Crippen molar-refractivity contribution in [3.05, 3.63) is 100 Å². The van der Waals surface area contributed by atoms with E-state index in [1.807, 2.05) is 80.6 Å². The fourth-order valence-corrected chi connectivity index (χ4v) is 4.28. The molecule has 1 unspecified atom stereocenters.